The molecule has 2 aromatic rings. The van der Waals surface area contributed by atoms with Crippen molar-refractivity contribution in [2.45, 2.75) is 20.0 Å². The molecular weight excluding hydrogens is 292 g/mol. The maximum Gasteiger partial charge on any atom is 0.193 e. The summed E-state index contributed by atoms with van der Waals surface area (Å²) in [6.07, 6.45) is 2.99. The molecule has 4 nitrogen and oxygen atoms in total. The van der Waals surface area contributed by atoms with Crippen LogP contribution in [0.5, 0.6) is 17.2 Å². The molecule has 23 heavy (non-hydrogen) atoms. The van der Waals surface area contributed by atoms with Crippen LogP contribution in [0.3, 0.4) is 0 Å². The van der Waals surface area contributed by atoms with E-state index >= 15 is 0 Å². The van der Waals surface area contributed by atoms with E-state index in [0.29, 0.717) is 11.5 Å². The fraction of sp³-hybridized carbons (Fsp3) is 0.211. The highest BCUT2D eigenvalue weighted by Gasteiger charge is 2.18. The zero-order chi connectivity index (χ0) is 16.8. The lowest BCUT2D eigenvalue weighted by Gasteiger charge is -2.15. The number of hydrogen-bond donors (Lipinski definition) is 1. The largest absolute Gasteiger partial charge is 0.507 e. The van der Waals surface area contributed by atoms with E-state index in [1.807, 2.05) is 44.2 Å². The van der Waals surface area contributed by atoms with Crippen molar-refractivity contribution in [1.29, 1.82) is 0 Å². The summed E-state index contributed by atoms with van der Waals surface area (Å²) < 4.78 is 10.8. The average Bonchev–Trinajstić information content (AvgIpc) is 2.52. The molecule has 0 radical (unpaired) electrons. The van der Waals surface area contributed by atoms with Crippen molar-refractivity contribution in [3.63, 3.8) is 0 Å². The highest BCUT2D eigenvalue weighted by molar-refractivity contribution is 6.10. The molecule has 0 aliphatic rings. The van der Waals surface area contributed by atoms with Gasteiger partial charge < -0.3 is 14.6 Å². The molecule has 0 aliphatic carbocycles. The van der Waals surface area contributed by atoms with Gasteiger partial charge in [-0.3, -0.25) is 4.79 Å². The third-order valence-electron chi connectivity index (χ3n) is 3.13. The first-order valence-corrected chi connectivity index (χ1v) is 7.36. The molecule has 2 aromatic carbocycles. The minimum Gasteiger partial charge on any atom is -0.507 e. The van der Waals surface area contributed by atoms with Crippen LogP contribution < -0.4 is 9.47 Å². The number of benzene rings is 2. The van der Waals surface area contributed by atoms with Crippen molar-refractivity contribution in [2.24, 2.45) is 0 Å². The summed E-state index contributed by atoms with van der Waals surface area (Å²) in [5, 5.41) is 10.2. The smallest absolute Gasteiger partial charge is 0.193 e. The molecule has 0 saturated carbocycles. The van der Waals surface area contributed by atoms with Gasteiger partial charge in [0.25, 0.3) is 0 Å². The van der Waals surface area contributed by atoms with Crippen molar-refractivity contribution >= 4 is 11.9 Å². The van der Waals surface area contributed by atoms with Crippen LogP contribution in [0.4, 0.5) is 0 Å². The van der Waals surface area contributed by atoms with Gasteiger partial charge in [0.05, 0.1) is 13.2 Å². The molecule has 120 valence electrons. The fourth-order valence-electron chi connectivity index (χ4n) is 2.11. The van der Waals surface area contributed by atoms with Gasteiger partial charge in [-0.1, -0.05) is 36.4 Å². The standard InChI is InChI=1S/C19H20O4/c1-13(2)23-18-12-15(22-3)11-17(21)19(18)16(20)10-9-14-7-5-4-6-8-14/h4-13,21H,1-3H3/b10-9+. The minimum absolute atomic E-state index is 0.131. The average molecular weight is 312 g/mol. The quantitative estimate of drug-likeness (QED) is 0.645. The summed E-state index contributed by atoms with van der Waals surface area (Å²) in [7, 11) is 1.49. The number of rotatable bonds is 6. The zero-order valence-electron chi connectivity index (χ0n) is 13.4. The molecule has 0 fully saturated rings. The topological polar surface area (TPSA) is 55.8 Å². The Morgan fingerprint density at radius 1 is 1.17 bits per heavy atom. The lowest BCUT2D eigenvalue weighted by atomic mass is 10.1. The van der Waals surface area contributed by atoms with E-state index in [1.54, 1.807) is 12.1 Å². The van der Waals surface area contributed by atoms with Gasteiger partial charge in [-0.05, 0) is 25.5 Å². The summed E-state index contributed by atoms with van der Waals surface area (Å²) in [4.78, 5) is 12.5. The summed E-state index contributed by atoms with van der Waals surface area (Å²) in [6, 6.07) is 12.5. The van der Waals surface area contributed by atoms with Crippen LogP contribution in [0, 0.1) is 0 Å². The van der Waals surface area contributed by atoms with Crippen LogP contribution >= 0.6 is 0 Å². The molecule has 0 aliphatic heterocycles. The van der Waals surface area contributed by atoms with Crippen molar-refractivity contribution in [3.8, 4) is 17.2 Å². The third-order valence-corrected chi connectivity index (χ3v) is 3.13. The van der Waals surface area contributed by atoms with Crippen molar-refractivity contribution < 1.29 is 19.4 Å². The number of aromatic hydroxyl groups is 1. The molecule has 2 rings (SSSR count). The number of methoxy groups -OCH3 is 1. The van der Waals surface area contributed by atoms with Crippen LogP contribution in [0.2, 0.25) is 0 Å². The van der Waals surface area contributed by atoms with Gasteiger partial charge in [0.15, 0.2) is 5.78 Å². The number of allylic oxidation sites excluding steroid dienone is 1. The summed E-state index contributed by atoms with van der Waals surface area (Å²) in [5.74, 6) is 0.244. The van der Waals surface area contributed by atoms with Gasteiger partial charge in [-0.25, -0.2) is 0 Å². The molecular formula is C19H20O4. The Morgan fingerprint density at radius 2 is 1.87 bits per heavy atom. The van der Waals surface area contributed by atoms with E-state index in [2.05, 4.69) is 0 Å². The Hall–Kier alpha value is -2.75. The van der Waals surface area contributed by atoms with Crippen molar-refractivity contribution in [3.05, 3.63) is 59.7 Å². The first-order chi connectivity index (χ1) is 11.0. The Bertz CT molecular complexity index is 703. The third kappa shape index (κ3) is 4.36. The number of hydrogen-bond acceptors (Lipinski definition) is 4. The maximum atomic E-state index is 12.5. The van der Waals surface area contributed by atoms with E-state index < -0.39 is 0 Å². The Kier molecular flexibility index (Phi) is 5.41. The lowest BCUT2D eigenvalue weighted by Crippen LogP contribution is -2.10. The van der Waals surface area contributed by atoms with Crippen LogP contribution in [0.1, 0.15) is 29.8 Å². The molecule has 0 saturated heterocycles. The van der Waals surface area contributed by atoms with E-state index in [4.69, 9.17) is 9.47 Å². The van der Waals surface area contributed by atoms with Gasteiger partial charge in [0.2, 0.25) is 0 Å². The number of carbonyl (C=O) groups is 1. The number of phenolic OH excluding ortho intramolecular Hbond substituents is 1. The summed E-state index contributed by atoms with van der Waals surface area (Å²) >= 11 is 0. The zero-order valence-corrected chi connectivity index (χ0v) is 13.4. The normalized spacial score (nSPS) is 11.0. The van der Waals surface area contributed by atoms with E-state index in [-0.39, 0.29) is 23.2 Å². The predicted molar refractivity (Wildman–Crippen MR) is 90.2 cm³/mol. The molecule has 4 heteroatoms. The SMILES string of the molecule is COc1cc(O)c(C(=O)/C=C/c2ccccc2)c(OC(C)C)c1. The van der Waals surface area contributed by atoms with Gasteiger partial charge in [0.1, 0.15) is 22.8 Å². The molecule has 0 bridgehead atoms. The molecule has 0 aromatic heterocycles. The highest BCUT2D eigenvalue weighted by Crippen LogP contribution is 2.34. The molecule has 0 heterocycles. The van der Waals surface area contributed by atoms with E-state index in [9.17, 15) is 9.90 Å². The van der Waals surface area contributed by atoms with Crippen molar-refractivity contribution in [1.82, 2.24) is 0 Å². The van der Waals surface area contributed by atoms with E-state index in [0.717, 1.165) is 5.56 Å². The van der Waals surface area contributed by atoms with Crippen LogP contribution in [-0.2, 0) is 0 Å². The first-order valence-electron chi connectivity index (χ1n) is 7.36. The number of ether oxygens (including phenoxy) is 2. The summed E-state index contributed by atoms with van der Waals surface area (Å²) in [5.41, 5.74) is 1.03. The van der Waals surface area contributed by atoms with Gasteiger partial charge >= 0.3 is 0 Å². The molecule has 0 spiro atoms. The van der Waals surface area contributed by atoms with E-state index in [1.165, 1.54) is 19.3 Å². The minimum atomic E-state index is -0.329. The second-order valence-electron chi connectivity index (χ2n) is 5.29. The predicted octanol–water partition coefficient (Wildman–Crippen LogP) is 4.08. The van der Waals surface area contributed by atoms with Gasteiger partial charge in [-0.15, -0.1) is 0 Å². The van der Waals surface area contributed by atoms with Crippen LogP contribution in [0.25, 0.3) is 6.08 Å². The fourth-order valence-corrected chi connectivity index (χ4v) is 2.11. The number of ketones is 1. The number of carbonyl (C=O) groups excluding carboxylic acids is 1. The Balaban J connectivity index is 2.36. The second-order valence-corrected chi connectivity index (χ2v) is 5.29. The molecule has 1 N–H and O–H groups in total. The monoisotopic (exact) mass is 312 g/mol. The Morgan fingerprint density at radius 3 is 2.48 bits per heavy atom. The molecule has 0 amide bonds. The molecule has 0 unspecified atom stereocenters. The van der Waals surface area contributed by atoms with Gasteiger partial charge in [-0.2, -0.15) is 0 Å². The Labute approximate surface area is 136 Å². The first kappa shape index (κ1) is 16.6. The number of phenols is 1. The maximum absolute atomic E-state index is 12.5. The van der Waals surface area contributed by atoms with Gasteiger partial charge in [0, 0.05) is 12.1 Å². The van der Waals surface area contributed by atoms with Crippen LogP contribution in [-0.4, -0.2) is 24.1 Å². The second kappa shape index (κ2) is 7.49. The highest BCUT2D eigenvalue weighted by atomic mass is 16.5. The summed E-state index contributed by atoms with van der Waals surface area (Å²) in [6.45, 7) is 3.70. The van der Waals surface area contributed by atoms with Crippen molar-refractivity contribution in [2.75, 3.05) is 7.11 Å². The van der Waals surface area contributed by atoms with Crippen LogP contribution in [0.15, 0.2) is 48.5 Å². The lowest BCUT2D eigenvalue weighted by molar-refractivity contribution is 0.103. The molecule has 0 atom stereocenters.